The first kappa shape index (κ1) is 7.62. The number of nitriles is 1. The van der Waals surface area contributed by atoms with E-state index in [-0.39, 0.29) is 6.08 Å². The van der Waals surface area contributed by atoms with Crippen LogP contribution in [0.5, 0.6) is 6.08 Å². The number of fused-ring (bicyclic) bond motifs is 1. The molecular formula is C9H6N2O2. The number of para-hydroxylation sites is 1. The number of benzene rings is 1. The van der Waals surface area contributed by atoms with Gasteiger partial charge in [-0.1, -0.05) is 6.07 Å². The number of hydrogen-bond acceptors (Lipinski definition) is 4. The van der Waals surface area contributed by atoms with Gasteiger partial charge in [0, 0.05) is 0 Å². The van der Waals surface area contributed by atoms with Crippen LogP contribution in [0.1, 0.15) is 5.56 Å². The first-order valence-corrected chi connectivity index (χ1v) is 3.69. The SMILES string of the molecule is COc1nc2cccc(C#N)c2o1. The Bertz CT molecular complexity index is 482. The van der Waals surface area contributed by atoms with Crippen LogP contribution in [-0.2, 0) is 0 Å². The number of rotatable bonds is 1. The summed E-state index contributed by atoms with van der Waals surface area (Å²) < 4.78 is 9.99. The molecule has 0 aliphatic rings. The van der Waals surface area contributed by atoms with Crippen molar-refractivity contribution in [3.63, 3.8) is 0 Å². The normalized spacial score (nSPS) is 9.85. The van der Waals surface area contributed by atoms with Crippen molar-refractivity contribution in [2.24, 2.45) is 0 Å². The molecule has 64 valence electrons. The Morgan fingerprint density at radius 3 is 3.08 bits per heavy atom. The summed E-state index contributed by atoms with van der Waals surface area (Å²) in [6.45, 7) is 0. The highest BCUT2D eigenvalue weighted by atomic mass is 16.6. The van der Waals surface area contributed by atoms with Crippen LogP contribution in [0, 0.1) is 11.3 Å². The van der Waals surface area contributed by atoms with E-state index >= 15 is 0 Å². The molecule has 0 aliphatic carbocycles. The number of methoxy groups -OCH3 is 1. The van der Waals surface area contributed by atoms with Gasteiger partial charge in [0.25, 0.3) is 0 Å². The van der Waals surface area contributed by atoms with Crippen LogP contribution in [-0.4, -0.2) is 12.1 Å². The number of aromatic nitrogens is 1. The van der Waals surface area contributed by atoms with Crippen LogP contribution < -0.4 is 4.74 Å². The molecule has 1 aromatic carbocycles. The molecular weight excluding hydrogens is 168 g/mol. The van der Waals surface area contributed by atoms with Gasteiger partial charge in [-0.05, 0) is 12.1 Å². The monoisotopic (exact) mass is 174 g/mol. The first-order chi connectivity index (χ1) is 6.35. The molecule has 0 aliphatic heterocycles. The summed E-state index contributed by atoms with van der Waals surface area (Å²) in [5.41, 5.74) is 1.58. The zero-order valence-electron chi connectivity index (χ0n) is 6.94. The lowest BCUT2D eigenvalue weighted by molar-refractivity contribution is 0.299. The van der Waals surface area contributed by atoms with E-state index in [1.807, 2.05) is 6.07 Å². The Kier molecular flexibility index (Phi) is 1.64. The zero-order chi connectivity index (χ0) is 9.26. The van der Waals surface area contributed by atoms with E-state index in [4.69, 9.17) is 14.4 Å². The largest absolute Gasteiger partial charge is 0.453 e. The summed E-state index contributed by atoms with van der Waals surface area (Å²) in [4.78, 5) is 4.00. The average Bonchev–Trinajstić information content (AvgIpc) is 2.59. The predicted octanol–water partition coefficient (Wildman–Crippen LogP) is 1.71. The minimum atomic E-state index is 0.178. The third kappa shape index (κ3) is 1.11. The molecule has 2 aromatic rings. The fraction of sp³-hybridized carbons (Fsp3) is 0.111. The lowest BCUT2D eigenvalue weighted by atomic mass is 10.2. The number of nitrogens with zero attached hydrogens (tertiary/aromatic N) is 2. The summed E-state index contributed by atoms with van der Waals surface area (Å²) in [5.74, 6) is 0. The molecule has 0 amide bonds. The second-order valence-electron chi connectivity index (χ2n) is 2.45. The maximum absolute atomic E-state index is 8.74. The van der Waals surface area contributed by atoms with Gasteiger partial charge in [0.2, 0.25) is 0 Å². The van der Waals surface area contributed by atoms with Crippen molar-refractivity contribution in [1.82, 2.24) is 4.98 Å². The van der Waals surface area contributed by atoms with E-state index in [2.05, 4.69) is 4.98 Å². The molecule has 13 heavy (non-hydrogen) atoms. The molecule has 4 heteroatoms. The van der Waals surface area contributed by atoms with Gasteiger partial charge >= 0.3 is 6.08 Å². The zero-order valence-corrected chi connectivity index (χ0v) is 6.94. The maximum atomic E-state index is 8.74. The van der Waals surface area contributed by atoms with Crippen LogP contribution in [0.3, 0.4) is 0 Å². The Labute approximate surface area is 74.4 Å². The topological polar surface area (TPSA) is 59.0 Å². The van der Waals surface area contributed by atoms with Gasteiger partial charge in [-0.15, -0.1) is 0 Å². The number of hydrogen-bond donors (Lipinski definition) is 0. The van der Waals surface area contributed by atoms with Crippen molar-refractivity contribution in [2.45, 2.75) is 0 Å². The quantitative estimate of drug-likeness (QED) is 0.660. The summed E-state index contributed by atoms with van der Waals surface area (Å²) in [6.07, 6.45) is 0.178. The van der Waals surface area contributed by atoms with Crippen LogP contribution in [0.2, 0.25) is 0 Å². The van der Waals surface area contributed by atoms with Gasteiger partial charge in [-0.3, -0.25) is 0 Å². The summed E-state index contributed by atoms with van der Waals surface area (Å²) in [5, 5.41) is 8.74. The van der Waals surface area contributed by atoms with Gasteiger partial charge < -0.3 is 9.15 Å². The molecule has 0 unspecified atom stereocenters. The molecule has 0 fully saturated rings. The molecule has 4 nitrogen and oxygen atoms in total. The van der Waals surface area contributed by atoms with Gasteiger partial charge in [0.15, 0.2) is 5.58 Å². The number of ether oxygens (including phenoxy) is 1. The fourth-order valence-corrected chi connectivity index (χ4v) is 1.10. The van der Waals surface area contributed by atoms with Crippen molar-refractivity contribution in [3.05, 3.63) is 23.8 Å². The van der Waals surface area contributed by atoms with Crippen molar-refractivity contribution in [3.8, 4) is 12.1 Å². The minimum Gasteiger partial charge on any atom is -0.453 e. The molecule has 0 saturated carbocycles. The second-order valence-corrected chi connectivity index (χ2v) is 2.45. The lowest BCUT2D eigenvalue weighted by Crippen LogP contribution is -1.79. The van der Waals surface area contributed by atoms with Crippen LogP contribution >= 0.6 is 0 Å². The van der Waals surface area contributed by atoms with Gasteiger partial charge in [-0.2, -0.15) is 10.2 Å². The van der Waals surface area contributed by atoms with E-state index < -0.39 is 0 Å². The highest BCUT2D eigenvalue weighted by Crippen LogP contribution is 2.22. The fourth-order valence-electron chi connectivity index (χ4n) is 1.10. The Morgan fingerprint density at radius 2 is 2.38 bits per heavy atom. The molecule has 0 atom stereocenters. The molecule has 2 rings (SSSR count). The predicted molar refractivity (Wildman–Crippen MR) is 45.3 cm³/mol. The Hall–Kier alpha value is -2.02. The molecule has 0 saturated heterocycles. The molecule has 0 N–H and O–H groups in total. The summed E-state index contributed by atoms with van der Waals surface area (Å²) in [7, 11) is 1.47. The van der Waals surface area contributed by atoms with E-state index in [0.717, 1.165) is 0 Å². The van der Waals surface area contributed by atoms with Crippen molar-refractivity contribution in [1.29, 1.82) is 5.26 Å². The highest BCUT2D eigenvalue weighted by molar-refractivity contribution is 5.79. The lowest BCUT2D eigenvalue weighted by Gasteiger charge is -1.87. The summed E-state index contributed by atoms with van der Waals surface area (Å²) in [6, 6.07) is 7.21. The standard InChI is InChI=1S/C9H6N2O2/c1-12-9-11-7-4-2-3-6(5-10)8(7)13-9/h2-4H,1H3. The minimum absolute atomic E-state index is 0.178. The van der Waals surface area contributed by atoms with Crippen LogP contribution in [0.25, 0.3) is 11.1 Å². The smallest absolute Gasteiger partial charge is 0.394 e. The van der Waals surface area contributed by atoms with Crippen LogP contribution in [0.4, 0.5) is 0 Å². The second kappa shape index (κ2) is 2.79. The third-order valence-electron chi connectivity index (χ3n) is 1.69. The first-order valence-electron chi connectivity index (χ1n) is 3.69. The van der Waals surface area contributed by atoms with E-state index in [0.29, 0.717) is 16.7 Å². The van der Waals surface area contributed by atoms with Crippen molar-refractivity contribution >= 4 is 11.1 Å². The van der Waals surface area contributed by atoms with Gasteiger partial charge in [0.05, 0.1) is 12.7 Å². The third-order valence-corrected chi connectivity index (χ3v) is 1.69. The van der Waals surface area contributed by atoms with Gasteiger partial charge in [0.1, 0.15) is 11.6 Å². The molecule has 1 heterocycles. The highest BCUT2D eigenvalue weighted by Gasteiger charge is 2.08. The summed E-state index contributed by atoms with van der Waals surface area (Å²) >= 11 is 0. The van der Waals surface area contributed by atoms with Crippen molar-refractivity contribution in [2.75, 3.05) is 7.11 Å². The average molecular weight is 174 g/mol. The maximum Gasteiger partial charge on any atom is 0.394 e. The van der Waals surface area contributed by atoms with E-state index in [1.54, 1.807) is 18.2 Å². The molecule has 1 aromatic heterocycles. The molecule has 0 bridgehead atoms. The molecule has 0 radical (unpaired) electrons. The van der Waals surface area contributed by atoms with E-state index in [1.165, 1.54) is 7.11 Å². The van der Waals surface area contributed by atoms with Crippen molar-refractivity contribution < 1.29 is 9.15 Å². The van der Waals surface area contributed by atoms with Crippen LogP contribution in [0.15, 0.2) is 22.6 Å². The Morgan fingerprint density at radius 1 is 1.54 bits per heavy atom. The van der Waals surface area contributed by atoms with Gasteiger partial charge in [-0.25, -0.2) is 0 Å². The Balaban J connectivity index is 2.76. The number of oxazole rings is 1. The molecule has 0 spiro atoms. The van der Waals surface area contributed by atoms with E-state index in [9.17, 15) is 0 Å².